The zero-order valence-corrected chi connectivity index (χ0v) is 9.92. The summed E-state index contributed by atoms with van der Waals surface area (Å²) in [7, 11) is 0. The van der Waals surface area contributed by atoms with Gasteiger partial charge < -0.3 is 5.32 Å². The van der Waals surface area contributed by atoms with Crippen LogP contribution in [0.25, 0.3) is 0 Å². The van der Waals surface area contributed by atoms with Crippen LogP contribution in [0.1, 0.15) is 35.2 Å². The maximum Gasteiger partial charge on any atom is 0.251 e. The maximum atomic E-state index is 13.0. The lowest BCUT2D eigenvalue weighted by Crippen LogP contribution is -2.25. The van der Waals surface area contributed by atoms with E-state index in [-0.39, 0.29) is 5.91 Å². The van der Waals surface area contributed by atoms with E-state index in [2.05, 4.69) is 11.2 Å². The molecule has 0 spiro atoms. The summed E-state index contributed by atoms with van der Waals surface area (Å²) in [4.78, 5) is 11.7. The summed E-state index contributed by atoms with van der Waals surface area (Å²) >= 11 is 0. The van der Waals surface area contributed by atoms with Gasteiger partial charge in [-0.15, -0.1) is 12.3 Å². The molecule has 1 N–H and O–H groups in total. The number of aryl methyl sites for hydroxylation is 1. The van der Waals surface area contributed by atoms with E-state index in [9.17, 15) is 9.18 Å². The van der Waals surface area contributed by atoms with E-state index in [0.29, 0.717) is 12.1 Å². The average molecular weight is 233 g/mol. The van der Waals surface area contributed by atoms with E-state index in [1.807, 2.05) is 0 Å². The summed E-state index contributed by atoms with van der Waals surface area (Å²) in [5, 5.41) is 2.75. The second-order valence-corrected chi connectivity index (χ2v) is 3.88. The highest BCUT2D eigenvalue weighted by atomic mass is 19.1. The molecule has 1 amide bonds. The van der Waals surface area contributed by atoms with Crippen molar-refractivity contribution >= 4 is 5.91 Å². The summed E-state index contributed by atoms with van der Waals surface area (Å²) in [5.41, 5.74) is 1.16. The Bertz CT molecular complexity index is 434. The highest BCUT2D eigenvalue weighted by molar-refractivity contribution is 5.95. The van der Waals surface area contributed by atoms with Crippen LogP contribution in [-0.2, 0) is 0 Å². The number of carbonyl (C=O) groups is 1. The number of hydrogen-bond donors (Lipinski definition) is 1. The molecule has 0 radical (unpaired) electrons. The van der Waals surface area contributed by atoms with Crippen LogP contribution in [0.2, 0.25) is 0 Å². The maximum absolute atomic E-state index is 13.0. The summed E-state index contributed by atoms with van der Waals surface area (Å²) in [6.45, 7) is 2.35. The van der Waals surface area contributed by atoms with Gasteiger partial charge >= 0.3 is 0 Å². The number of amides is 1. The van der Waals surface area contributed by atoms with Gasteiger partial charge in [-0.05, 0) is 37.5 Å². The minimum absolute atomic E-state index is 0.234. The Kier molecular flexibility index (Phi) is 5.22. The second kappa shape index (κ2) is 6.70. The molecule has 90 valence electrons. The SMILES string of the molecule is C#CCCCCNC(=O)c1cc(F)ccc1C. The number of rotatable bonds is 5. The van der Waals surface area contributed by atoms with Crippen LogP contribution in [0.4, 0.5) is 4.39 Å². The van der Waals surface area contributed by atoms with E-state index in [1.54, 1.807) is 13.0 Å². The normalized spacial score (nSPS) is 9.71. The van der Waals surface area contributed by atoms with Crippen molar-refractivity contribution in [2.45, 2.75) is 26.2 Å². The Balaban J connectivity index is 2.47. The molecule has 3 heteroatoms. The van der Waals surface area contributed by atoms with Crippen LogP contribution < -0.4 is 5.32 Å². The van der Waals surface area contributed by atoms with Gasteiger partial charge in [0.05, 0.1) is 0 Å². The topological polar surface area (TPSA) is 29.1 Å². The summed E-state index contributed by atoms with van der Waals surface area (Å²) in [6.07, 6.45) is 7.56. The number of terminal acetylenes is 1. The summed E-state index contributed by atoms with van der Waals surface area (Å²) in [5.74, 6) is 1.91. The van der Waals surface area contributed by atoms with Crippen LogP contribution in [0.5, 0.6) is 0 Å². The van der Waals surface area contributed by atoms with E-state index in [1.165, 1.54) is 12.1 Å². The summed E-state index contributed by atoms with van der Waals surface area (Å²) in [6, 6.07) is 4.20. The largest absolute Gasteiger partial charge is 0.352 e. The molecule has 1 rings (SSSR count). The Morgan fingerprint density at radius 1 is 1.47 bits per heavy atom. The lowest BCUT2D eigenvalue weighted by molar-refractivity contribution is 0.0952. The van der Waals surface area contributed by atoms with Crippen molar-refractivity contribution in [3.8, 4) is 12.3 Å². The fourth-order valence-electron chi connectivity index (χ4n) is 1.49. The van der Waals surface area contributed by atoms with Crippen molar-refractivity contribution in [3.05, 3.63) is 35.1 Å². The third-order valence-electron chi connectivity index (χ3n) is 2.48. The molecule has 1 aromatic carbocycles. The Morgan fingerprint density at radius 2 is 2.24 bits per heavy atom. The molecule has 0 aliphatic heterocycles. The monoisotopic (exact) mass is 233 g/mol. The fraction of sp³-hybridized carbons (Fsp3) is 0.357. The van der Waals surface area contributed by atoms with Gasteiger partial charge in [0.1, 0.15) is 5.82 Å². The van der Waals surface area contributed by atoms with Gasteiger partial charge in [0.2, 0.25) is 0 Å². The third kappa shape index (κ3) is 4.28. The number of benzene rings is 1. The highest BCUT2D eigenvalue weighted by Gasteiger charge is 2.08. The van der Waals surface area contributed by atoms with Crippen LogP contribution in [0, 0.1) is 25.1 Å². The molecule has 0 fully saturated rings. The molecule has 0 saturated heterocycles. The van der Waals surface area contributed by atoms with Crippen molar-refractivity contribution < 1.29 is 9.18 Å². The Hall–Kier alpha value is -1.82. The van der Waals surface area contributed by atoms with Crippen LogP contribution in [0.3, 0.4) is 0 Å². The molecule has 0 heterocycles. The van der Waals surface area contributed by atoms with Gasteiger partial charge in [-0.25, -0.2) is 4.39 Å². The molecule has 1 aromatic rings. The Morgan fingerprint density at radius 3 is 2.94 bits per heavy atom. The van der Waals surface area contributed by atoms with Crippen LogP contribution in [0.15, 0.2) is 18.2 Å². The van der Waals surface area contributed by atoms with Gasteiger partial charge in [0, 0.05) is 18.5 Å². The first-order chi connectivity index (χ1) is 8.15. The van der Waals surface area contributed by atoms with Crippen molar-refractivity contribution in [1.82, 2.24) is 5.32 Å². The first-order valence-corrected chi connectivity index (χ1v) is 5.63. The average Bonchev–Trinajstić information content (AvgIpc) is 2.32. The van der Waals surface area contributed by atoms with Gasteiger partial charge in [0.15, 0.2) is 0 Å². The highest BCUT2D eigenvalue weighted by Crippen LogP contribution is 2.09. The molecule has 0 atom stereocenters. The van der Waals surface area contributed by atoms with E-state index in [0.717, 1.165) is 24.8 Å². The molecular formula is C14H16FNO. The molecule has 0 unspecified atom stereocenters. The zero-order valence-electron chi connectivity index (χ0n) is 9.92. The summed E-state index contributed by atoms with van der Waals surface area (Å²) < 4.78 is 13.0. The van der Waals surface area contributed by atoms with E-state index in [4.69, 9.17) is 6.42 Å². The smallest absolute Gasteiger partial charge is 0.251 e. The molecule has 0 bridgehead atoms. The molecule has 0 saturated carbocycles. The minimum Gasteiger partial charge on any atom is -0.352 e. The lowest BCUT2D eigenvalue weighted by Gasteiger charge is -2.07. The molecular weight excluding hydrogens is 217 g/mol. The van der Waals surface area contributed by atoms with Crippen LogP contribution >= 0.6 is 0 Å². The molecule has 2 nitrogen and oxygen atoms in total. The predicted molar refractivity (Wildman–Crippen MR) is 66.2 cm³/mol. The van der Waals surface area contributed by atoms with Gasteiger partial charge in [-0.3, -0.25) is 4.79 Å². The fourth-order valence-corrected chi connectivity index (χ4v) is 1.49. The predicted octanol–water partition coefficient (Wildman–Crippen LogP) is 2.67. The third-order valence-corrected chi connectivity index (χ3v) is 2.48. The number of hydrogen-bond acceptors (Lipinski definition) is 1. The number of unbranched alkanes of at least 4 members (excludes halogenated alkanes) is 2. The molecule has 0 aromatic heterocycles. The first kappa shape index (κ1) is 13.2. The zero-order chi connectivity index (χ0) is 12.7. The van der Waals surface area contributed by atoms with E-state index >= 15 is 0 Å². The first-order valence-electron chi connectivity index (χ1n) is 5.63. The van der Waals surface area contributed by atoms with Crippen LogP contribution in [-0.4, -0.2) is 12.5 Å². The number of carbonyl (C=O) groups excluding carboxylic acids is 1. The molecule has 0 aliphatic rings. The lowest BCUT2D eigenvalue weighted by atomic mass is 10.1. The van der Waals surface area contributed by atoms with Crippen molar-refractivity contribution in [3.63, 3.8) is 0 Å². The standard InChI is InChI=1S/C14H16FNO/c1-3-4-5-6-9-16-14(17)13-10-12(15)8-7-11(13)2/h1,7-8,10H,4-6,9H2,2H3,(H,16,17). The van der Waals surface area contributed by atoms with Gasteiger partial charge in [-0.1, -0.05) is 6.07 Å². The Labute approximate surface area is 101 Å². The van der Waals surface area contributed by atoms with Gasteiger partial charge in [0.25, 0.3) is 5.91 Å². The molecule has 17 heavy (non-hydrogen) atoms. The van der Waals surface area contributed by atoms with Gasteiger partial charge in [-0.2, -0.15) is 0 Å². The quantitative estimate of drug-likeness (QED) is 0.615. The number of nitrogens with one attached hydrogen (secondary N) is 1. The van der Waals surface area contributed by atoms with Crippen molar-refractivity contribution in [1.29, 1.82) is 0 Å². The second-order valence-electron chi connectivity index (χ2n) is 3.88. The van der Waals surface area contributed by atoms with E-state index < -0.39 is 5.82 Å². The van der Waals surface area contributed by atoms with Crippen molar-refractivity contribution in [2.24, 2.45) is 0 Å². The molecule has 0 aliphatic carbocycles. The number of halogens is 1. The minimum atomic E-state index is -0.395. The van der Waals surface area contributed by atoms with Crippen molar-refractivity contribution in [2.75, 3.05) is 6.54 Å².